The fraction of sp³-hybridized carbons (Fsp3) is 0.821. The van der Waals surface area contributed by atoms with Crippen molar-refractivity contribution in [3.63, 3.8) is 0 Å². The largest absolute Gasteiger partial charge is 0.466 e. The van der Waals surface area contributed by atoms with E-state index in [4.69, 9.17) is 14.2 Å². The van der Waals surface area contributed by atoms with Gasteiger partial charge in [-0.25, -0.2) is 0 Å². The molecule has 1 aliphatic heterocycles. The van der Waals surface area contributed by atoms with Gasteiger partial charge in [-0.15, -0.1) is 0 Å². The Bertz CT molecular complexity index is 1480. The van der Waals surface area contributed by atoms with Gasteiger partial charge in [0.15, 0.2) is 6.29 Å². The van der Waals surface area contributed by atoms with E-state index in [2.05, 4.69) is 54.8 Å². The molecule has 6 N–H and O–H groups in total. The van der Waals surface area contributed by atoms with Crippen LogP contribution in [-0.2, 0) is 23.8 Å². The minimum Gasteiger partial charge on any atom is -0.466 e. The molecule has 11 heteroatoms. The summed E-state index contributed by atoms with van der Waals surface area (Å²) in [4.78, 5) is 25.0. The van der Waals surface area contributed by atoms with Crippen LogP contribution < -0.4 is 5.32 Å². The molecule has 1 rings (SSSR count). The van der Waals surface area contributed by atoms with Gasteiger partial charge in [0.2, 0.25) is 5.91 Å². The lowest BCUT2D eigenvalue weighted by molar-refractivity contribution is -0.302. The fourth-order valence-electron chi connectivity index (χ4n) is 9.99. The SMILES string of the molecule is C/C=C/CC/C=C/CC/C=C/C(O)C(COC1OC(CO)C(O)C(O)C1O)NC(=O)CCCCCCCCCCCCCC/C=C\CCCCCCCCCCCCCCOC(=O)CCCCCCC/C=C\CCCCCC. The van der Waals surface area contributed by atoms with Crippen LogP contribution in [-0.4, -0.2) is 100 Å². The quantitative estimate of drug-likeness (QED) is 0.0195. The van der Waals surface area contributed by atoms with E-state index in [1.54, 1.807) is 6.08 Å². The molecule has 0 aromatic rings. The molecule has 1 aliphatic rings. The smallest absolute Gasteiger partial charge is 0.305 e. The first-order valence-electron chi connectivity index (χ1n) is 32.5. The average Bonchev–Trinajstić information content (AvgIpc) is 3.44. The zero-order valence-electron chi connectivity index (χ0n) is 50.1. The minimum atomic E-state index is -1.58. The van der Waals surface area contributed by atoms with Crippen LogP contribution in [0.1, 0.15) is 290 Å². The van der Waals surface area contributed by atoms with E-state index in [0.29, 0.717) is 19.4 Å². The van der Waals surface area contributed by atoms with Gasteiger partial charge in [0, 0.05) is 12.8 Å². The Kier molecular flexibility index (Phi) is 52.9. The summed E-state index contributed by atoms with van der Waals surface area (Å²) in [6.45, 7) is 4.08. The van der Waals surface area contributed by atoms with Crippen LogP contribution in [0.3, 0.4) is 0 Å². The predicted molar refractivity (Wildman–Crippen MR) is 324 cm³/mol. The highest BCUT2D eigenvalue weighted by atomic mass is 16.7. The summed E-state index contributed by atoms with van der Waals surface area (Å²) >= 11 is 0. The van der Waals surface area contributed by atoms with E-state index >= 15 is 0 Å². The molecule has 11 nitrogen and oxygen atoms in total. The van der Waals surface area contributed by atoms with Crippen molar-refractivity contribution in [1.29, 1.82) is 0 Å². The van der Waals surface area contributed by atoms with Crippen molar-refractivity contribution in [1.82, 2.24) is 5.32 Å². The topological polar surface area (TPSA) is 175 Å². The Morgan fingerprint density at radius 1 is 0.487 bits per heavy atom. The number of rotatable bonds is 56. The highest BCUT2D eigenvalue weighted by molar-refractivity contribution is 5.76. The highest BCUT2D eigenvalue weighted by Crippen LogP contribution is 2.23. The molecule has 1 amide bonds. The van der Waals surface area contributed by atoms with Crippen molar-refractivity contribution in [2.75, 3.05) is 19.8 Å². The maximum absolute atomic E-state index is 13.0. The Labute approximate surface area is 478 Å². The molecule has 0 spiro atoms. The first-order valence-corrected chi connectivity index (χ1v) is 32.5. The number of aliphatic hydroxyl groups excluding tert-OH is 5. The van der Waals surface area contributed by atoms with Crippen LogP contribution in [0, 0.1) is 0 Å². The van der Waals surface area contributed by atoms with Gasteiger partial charge in [0.05, 0.1) is 32.0 Å². The van der Waals surface area contributed by atoms with E-state index in [1.807, 2.05) is 19.1 Å². The summed E-state index contributed by atoms with van der Waals surface area (Å²) in [5, 5.41) is 54.2. The maximum Gasteiger partial charge on any atom is 0.305 e. The van der Waals surface area contributed by atoms with Crippen molar-refractivity contribution in [3.05, 3.63) is 60.8 Å². The molecule has 0 aromatic carbocycles. The molecule has 0 bridgehead atoms. The lowest BCUT2D eigenvalue weighted by Crippen LogP contribution is -2.60. The molecule has 0 saturated carbocycles. The molecular formula is C67H121NO10. The van der Waals surface area contributed by atoms with E-state index in [9.17, 15) is 35.1 Å². The first-order chi connectivity index (χ1) is 38.2. The molecule has 0 aromatic heterocycles. The van der Waals surface area contributed by atoms with E-state index in [-0.39, 0.29) is 18.5 Å². The summed E-state index contributed by atoms with van der Waals surface area (Å²) in [6.07, 6.45) is 63.8. The third-order valence-electron chi connectivity index (χ3n) is 15.1. The molecule has 78 heavy (non-hydrogen) atoms. The molecule has 1 heterocycles. The number of carbonyl (C=O) groups excluding carboxylic acids is 2. The first kappa shape index (κ1) is 73.4. The van der Waals surface area contributed by atoms with Gasteiger partial charge in [-0.05, 0) is 103 Å². The van der Waals surface area contributed by atoms with Crippen LogP contribution in [0.2, 0.25) is 0 Å². The maximum atomic E-state index is 13.0. The molecule has 7 atom stereocenters. The monoisotopic (exact) mass is 1100 g/mol. The number of nitrogens with one attached hydrogen (secondary N) is 1. The molecule has 7 unspecified atom stereocenters. The molecule has 0 aliphatic carbocycles. The van der Waals surface area contributed by atoms with Crippen molar-refractivity contribution in [2.24, 2.45) is 0 Å². The number of esters is 1. The van der Waals surface area contributed by atoms with E-state index < -0.39 is 49.5 Å². The molecule has 454 valence electrons. The average molecular weight is 1100 g/mol. The van der Waals surface area contributed by atoms with Gasteiger partial charge in [0.25, 0.3) is 0 Å². The molecule has 1 fully saturated rings. The Morgan fingerprint density at radius 3 is 1.35 bits per heavy atom. The second-order valence-electron chi connectivity index (χ2n) is 22.5. The van der Waals surface area contributed by atoms with Crippen LogP contribution in [0.25, 0.3) is 0 Å². The van der Waals surface area contributed by atoms with Crippen molar-refractivity contribution >= 4 is 11.9 Å². The minimum absolute atomic E-state index is 0.00368. The van der Waals surface area contributed by atoms with Crippen LogP contribution in [0.15, 0.2) is 60.8 Å². The molecule has 1 saturated heterocycles. The lowest BCUT2D eigenvalue weighted by atomic mass is 9.99. The normalized spacial score (nSPS) is 18.9. The van der Waals surface area contributed by atoms with Crippen molar-refractivity contribution in [3.8, 4) is 0 Å². The fourth-order valence-corrected chi connectivity index (χ4v) is 9.99. The summed E-state index contributed by atoms with van der Waals surface area (Å²) in [5.41, 5.74) is 0. The summed E-state index contributed by atoms with van der Waals surface area (Å²) in [5.74, 6) is -0.203. The number of ether oxygens (including phenoxy) is 3. The zero-order valence-corrected chi connectivity index (χ0v) is 50.1. The zero-order chi connectivity index (χ0) is 56.6. The number of allylic oxidation sites excluding steroid dienone is 9. The number of unbranched alkanes of at least 4 members (excludes halogenated alkanes) is 35. The number of hydrogen-bond donors (Lipinski definition) is 6. The summed E-state index contributed by atoms with van der Waals surface area (Å²) < 4.78 is 16.7. The van der Waals surface area contributed by atoms with Gasteiger partial charge < -0.3 is 45.1 Å². The standard InChI is InChI=1S/C67H121NO10/c1-3-5-7-9-11-13-14-31-35-39-43-47-51-55-63(72)76-56-52-48-44-40-36-33-30-28-26-24-22-20-18-16-15-17-19-21-23-25-27-29-32-34-38-42-46-50-54-62(71)68-59(60(70)53-49-45-41-37-12-10-8-6-4-2)58-77-67-66(75)65(74)64(73)61(57-69)78-67/h4,6,12-16,37,49,53,59-61,64-67,69-70,73-75H,3,5,7-11,17-36,38-48,50-52,54-58H2,1-2H3,(H,68,71)/b6-4+,14-13-,16-15-,37-12+,53-49+. The second-order valence-corrected chi connectivity index (χ2v) is 22.5. The van der Waals surface area contributed by atoms with Crippen molar-refractivity contribution < 1.29 is 49.3 Å². The van der Waals surface area contributed by atoms with Gasteiger partial charge in [-0.3, -0.25) is 9.59 Å². The van der Waals surface area contributed by atoms with Gasteiger partial charge >= 0.3 is 5.97 Å². The number of aliphatic hydroxyl groups is 5. The van der Waals surface area contributed by atoms with Crippen LogP contribution >= 0.6 is 0 Å². The van der Waals surface area contributed by atoms with Crippen LogP contribution in [0.4, 0.5) is 0 Å². The van der Waals surface area contributed by atoms with Gasteiger partial charge in [-0.2, -0.15) is 0 Å². The number of amides is 1. The van der Waals surface area contributed by atoms with Crippen molar-refractivity contribution in [2.45, 2.75) is 333 Å². The van der Waals surface area contributed by atoms with E-state index in [1.165, 1.54) is 199 Å². The number of carbonyl (C=O) groups is 2. The number of hydrogen-bond acceptors (Lipinski definition) is 10. The third kappa shape index (κ3) is 45.0. The lowest BCUT2D eigenvalue weighted by Gasteiger charge is -2.40. The van der Waals surface area contributed by atoms with Crippen LogP contribution in [0.5, 0.6) is 0 Å². The van der Waals surface area contributed by atoms with Gasteiger partial charge in [-0.1, -0.05) is 235 Å². The van der Waals surface area contributed by atoms with Gasteiger partial charge in [0.1, 0.15) is 24.4 Å². The predicted octanol–water partition coefficient (Wildman–Crippen LogP) is 15.8. The second kappa shape index (κ2) is 56.2. The molecular weight excluding hydrogens is 979 g/mol. The Morgan fingerprint density at radius 2 is 0.885 bits per heavy atom. The summed E-state index contributed by atoms with van der Waals surface area (Å²) in [7, 11) is 0. The highest BCUT2D eigenvalue weighted by Gasteiger charge is 2.44. The Balaban J connectivity index is 1.95. The molecule has 0 radical (unpaired) electrons. The van der Waals surface area contributed by atoms with E-state index in [0.717, 1.165) is 64.2 Å². The third-order valence-corrected chi connectivity index (χ3v) is 15.1. The Hall–Kier alpha value is -2.64. The summed E-state index contributed by atoms with van der Waals surface area (Å²) in [6, 6.07) is -0.834.